The average molecular weight is 422 g/mol. The summed E-state index contributed by atoms with van der Waals surface area (Å²) in [4.78, 5) is 56.3. The molecule has 2 saturated heterocycles. The molecule has 3 rings (SSSR count). The van der Waals surface area contributed by atoms with Crippen LogP contribution in [0.25, 0.3) is 0 Å². The van der Waals surface area contributed by atoms with Gasteiger partial charge < -0.3 is 19.4 Å². The van der Waals surface area contributed by atoms with E-state index in [1.165, 1.54) is 9.80 Å². The van der Waals surface area contributed by atoms with Crippen molar-refractivity contribution in [2.24, 2.45) is 0 Å². The molecule has 2 fully saturated rings. The lowest BCUT2D eigenvalue weighted by Crippen LogP contribution is -2.55. The fourth-order valence-electron chi connectivity index (χ4n) is 3.62. The van der Waals surface area contributed by atoms with E-state index < -0.39 is 11.8 Å². The van der Waals surface area contributed by atoms with Crippen LogP contribution >= 0.6 is 11.3 Å². The number of nitrogens with zero attached hydrogens (tertiary/aromatic N) is 3. The van der Waals surface area contributed by atoms with Gasteiger partial charge >= 0.3 is 11.8 Å². The number of piperazine rings is 1. The summed E-state index contributed by atoms with van der Waals surface area (Å²) in [5.41, 5.74) is 0.706. The Morgan fingerprint density at radius 2 is 1.41 bits per heavy atom. The molecule has 9 heteroatoms. The van der Waals surface area contributed by atoms with Gasteiger partial charge in [-0.25, -0.2) is 0 Å². The number of rotatable bonds is 4. The summed E-state index contributed by atoms with van der Waals surface area (Å²) in [6.07, 6.45) is 0.346. The van der Waals surface area contributed by atoms with Crippen LogP contribution in [0.5, 0.6) is 0 Å². The van der Waals surface area contributed by atoms with Gasteiger partial charge in [0.2, 0.25) is 5.91 Å². The molecule has 0 N–H and O–H groups in total. The van der Waals surface area contributed by atoms with Crippen molar-refractivity contribution >= 4 is 34.8 Å². The van der Waals surface area contributed by atoms with E-state index in [4.69, 9.17) is 4.74 Å². The molecule has 2 aliphatic rings. The van der Waals surface area contributed by atoms with E-state index in [9.17, 15) is 19.2 Å². The maximum absolute atomic E-state index is 12.5. The highest BCUT2D eigenvalue weighted by atomic mass is 32.1. The van der Waals surface area contributed by atoms with Crippen LogP contribution in [0.2, 0.25) is 0 Å². The zero-order chi connectivity index (χ0) is 21.0. The molecular weight excluding hydrogens is 394 g/mol. The molecular formula is C20H27N3O5S. The zero-order valence-corrected chi connectivity index (χ0v) is 17.8. The number of morpholine rings is 1. The largest absolute Gasteiger partial charge is 0.378 e. The van der Waals surface area contributed by atoms with E-state index in [1.54, 1.807) is 16.2 Å². The summed E-state index contributed by atoms with van der Waals surface area (Å²) in [7, 11) is 0. The van der Waals surface area contributed by atoms with E-state index >= 15 is 0 Å². The second kappa shape index (κ2) is 9.49. The van der Waals surface area contributed by atoms with Crippen LogP contribution in [0.15, 0.2) is 6.07 Å². The van der Waals surface area contributed by atoms with Crippen LogP contribution in [-0.2, 0) is 19.1 Å². The average Bonchev–Trinajstić information content (AvgIpc) is 3.09. The van der Waals surface area contributed by atoms with Crippen LogP contribution in [0, 0.1) is 13.8 Å². The topological polar surface area (TPSA) is 87.2 Å². The van der Waals surface area contributed by atoms with E-state index in [0.717, 1.165) is 9.75 Å². The van der Waals surface area contributed by atoms with Gasteiger partial charge in [-0.2, -0.15) is 0 Å². The SMILES string of the molecule is Cc1cc(C(=O)CCC(=O)N2CCN(C(=O)C(=O)N3CCOCC3)CC2)c(C)s1. The minimum Gasteiger partial charge on any atom is -0.378 e. The third kappa shape index (κ3) is 5.22. The Bertz CT molecular complexity index is 792. The Labute approximate surface area is 174 Å². The van der Waals surface area contributed by atoms with Crippen molar-refractivity contribution in [1.82, 2.24) is 14.7 Å². The molecule has 0 spiro atoms. The molecule has 2 aliphatic heterocycles. The highest BCUT2D eigenvalue weighted by Crippen LogP contribution is 2.22. The number of carbonyl (C=O) groups is 4. The van der Waals surface area contributed by atoms with Crippen LogP contribution in [0.3, 0.4) is 0 Å². The van der Waals surface area contributed by atoms with Gasteiger partial charge in [-0.3, -0.25) is 19.2 Å². The number of carbonyl (C=O) groups excluding carboxylic acids is 4. The number of thiophene rings is 1. The molecule has 0 aromatic carbocycles. The van der Waals surface area contributed by atoms with Gasteiger partial charge in [-0.15, -0.1) is 11.3 Å². The lowest BCUT2D eigenvalue weighted by molar-refractivity contribution is -0.155. The van der Waals surface area contributed by atoms with Gasteiger partial charge in [0.15, 0.2) is 5.78 Å². The van der Waals surface area contributed by atoms with Crippen molar-refractivity contribution < 1.29 is 23.9 Å². The smallest absolute Gasteiger partial charge is 0.312 e. The predicted octanol–water partition coefficient (Wildman–Crippen LogP) is 0.857. The molecule has 3 amide bonds. The molecule has 0 saturated carbocycles. The summed E-state index contributed by atoms with van der Waals surface area (Å²) in [5.74, 6) is -1.11. The molecule has 29 heavy (non-hydrogen) atoms. The number of hydrogen-bond donors (Lipinski definition) is 0. The van der Waals surface area contributed by atoms with Gasteiger partial charge in [-0.05, 0) is 19.9 Å². The second-order valence-corrected chi connectivity index (χ2v) is 8.79. The molecule has 0 radical (unpaired) electrons. The summed E-state index contributed by atoms with van der Waals surface area (Å²) in [6.45, 7) is 7.06. The summed E-state index contributed by atoms with van der Waals surface area (Å²) in [6, 6.07) is 1.88. The monoisotopic (exact) mass is 421 g/mol. The van der Waals surface area contributed by atoms with Gasteiger partial charge in [0.25, 0.3) is 0 Å². The van der Waals surface area contributed by atoms with Crippen molar-refractivity contribution in [2.75, 3.05) is 52.5 Å². The summed E-state index contributed by atoms with van der Waals surface area (Å²) < 4.78 is 5.20. The van der Waals surface area contributed by atoms with Crippen molar-refractivity contribution in [2.45, 2.75) is 26.7 Å². The van der Waals surface area contributed by atoms with Gasteiger partial charge in [-0.1, -0.05) is 0 Å². The fraction of sp³-hybridized carbons (Fsp3) is 0.600. The first-order valence-corrected chi connectivity index (χ1v) is 10.7. The molecule has 3 heterocycles. The van der Waals surface area contributed by atoms with E-state index in [-0.39, 0.29) is 24.5 Å². The normalized spacial score (nSPS) is 17.4. The molecule has 0 atom stereocenters. The van der Waals surface area contributed by atoms with Crippen molar-refractivity contribution in [3.8, 4) is 0 Å². The minimum absolute atomic E-state index is 0.00915. The number of amides is 3. The summed E-state index contributed by atoms with van der Waals surface area (Å²) >= 11 is 1.58. The first-order chi connectivity index (χ1) is 13.9. The Hall–Kier alpha value is -2.26. The Balaban J connectivity index is 1.44. The lowest BCUT2D eigenvalue weighted by Gasteiger charge is -2.35. The van der Waals surface area contributed by atoms with Crippen LogP contribution < -0.4 is 0 Å². The van der Waals surface area contributed by atoms with Crippen LogP contribution in [0.1, 0.15) is 33.0 Å². The maximum Gasteiger partial charge on any atom is 0.312 e. The van der Waals surface area contributed by atoms with Gasteiger partial charge in [0.05, 0.1) is 13.2 Å². The Morgan fingerprint density at radius 3 is 1.97 bits per heavy atom. The van der Waals surface area contributed by atoms with Crippen molar-refractivity contribution in [3.05, 3.63) is 21.4 Å². The number of aryl methyl sites for hydroxylation is 2. The lowest BCUT2D eigenvalue weighted by atomic mass is 10.1. The molecule has 0 bridgehead atoms. The second-order valence-electron chi connectivity index (χ2n) is 7.33. The van der Waals surface area contributed by atoms with Crippen molar-refractivity contribution in [3.63, 3.8) is 0 Å². The minimum atomic E-state index is -0.516. The number of Topliss-reactive ketones (excluding diaryl/α,β-unsaturated/α-hetero) is 1. The first kappa shape index (κ1) is 21.4. The third-order valence-electron chi connectivity index (χ3n) is 5.31. The number of ketones is 1. The molecule has 0 unspecified atom stereocenters. The van der Waals surface area contributed by atoms with Crippen molar-refractivity contribution in [1.29, 1.82) is 0 Å². The van der Waals surface area contributed by atoms with E-state index in [0.29, 0.717) is 58.0 Å². The molecule has 8 nitrogen and oxygen atoms in total. The molecule has 0 aliphatic carbocycles. The molecule has 158 valence electrons. The Kier molecular flexibility index (Phi) is 7.02. The quantitative estimate of drug-likeness (QED) is 0.532. The highest BCUT2D eigenvalue weighted by Gasteiger charge is 2.31. The van der Waals surface area contributed by atoms with Gasteiger partial charge in [0.1, 0.15) is 0 Å². The number of hydrogen-bond acceptors (Lipinski definition) is 6. The third-order valence-corrected chi connectivity index (χ3v) is 6.27. The fourth-order valence-corrected chi connectivity index (χ4v) is 4.56. The highest BCUT2D eigenvalue weighted by molar-refractivity contribution is 7.12. The van der Waals surface area contributed by atoms with Gasteiger partial charge in [0, 0.05) is 67.4 Å². The number of ether oxygens (including phenoxy) is 1. The van der Waals surface area contributed by atoms with E-state index in [2.05, 4.69) is 0 Å². The van der Waals surface area contributed by atoms with Crippen LogP contribution in [-0.4, -0.2) is 90.7 Å². The first-order valence-electron chi connectivity index (χ1n) is 9.90. The van der Waals surface area contributed by atoms with E-state index in [1.807, 2.05) is 19.9 Å². The zero-order valence-electron chi connectivity index (χ0n) is 16.9. The summed E-state index contributed by atoms with van der Waals surface area (Å²) in [5, 5.41) is 0. The molecule has 1 aromatic rings. The van der Waals surface area contributed by atoms with Crippen LogP contribution in [0.4, 0.5) is 0 Å². The maximum atomic E-state index is 12.5. The Morgan fingerprint density at radius 1 is 0.862 bits per heavy atom. The predicted molar refractivity (Wildman–Crippen MR) is 108 cm³/mol. The molecule has 1 aromatic heterocycles. The standard InChI is InChI=1S/C20H27N3O5S/c1-14-13-16(15(2)29-14)17(24)3-4-18(25)21-5-7-22(8-6-21)19(26)20(27)23-9-11-28-12-10-23/h13H,3-12H2,1-2H3.